The minimum Gasteiger partial charge on any atom is -0.497 e. The maximum absolute atomic E-state index is 11.0. The molecule has 1 aromatic carbocycles. The predicted molar refractivity (Wildman–Crippen MR) is 71.1 cm³/mol. The van der Waals surface area contributed by atoms with Gasteiger partial charge in [0.2, 0.25) is 0 Å². The third-order valence-corrected chi connectivity index (χ3v) is 4.31. The molecule has 1 unspecified atom stereocenters. The third-order valence-electron chi connectivity index (χ3n) is 4.31. The maximum atomic E-state index is 11.0. The summed E-state index contributed by atoms with van der Waals surface area (Å²) in [6, 6.07) is 5.64. The van der Waals surface area contributed by atoms with E-state index in [0.29, 0.717) is 5.75 Å². The molecule has 1 aliphatic carbocycles. The molecule has 0 aromatic heterocycles. The molecule has 1 N–H and O–H groups in total. The Labute approximate surface area is 109 Å². The lowest BCUT2D eigenvalue weighted by atomic mass is 9.73. The fourth-order valence-electron chi connectivity index (χ4n) is 2.97. The first kappa shape index (κ1) is 13.2. The molecule has 3 nitrogen and oxygen atoms in total. The van der Waals surface area contributed by atoms with Gasteiger partial charge in [0.25, 0.3) is 0 Å². The lowest BCUT2D eigenvalue weighted by molar-refractivity contribution is -0.0501. The Bertz CT molecular complexity index is 439. The lowest BCUT2D eigenvalue weighted by Gasteiger charge is -2.38. The molecular weight excluding hydrogens is 228 g/mol. The average Bonchev–Trinajstić information content (AvgIpc) is 2.63. The second-order valence-corrected chi connectivity index (χ2v) is 5.66. The Balaban J connectivity index is 2.50. The van der Waals surface area contributed by atoms with Gasteiger partial charge >= 0.3 is 0 Å². The number of methoxy groups -OCH3 is 2. The van der Waals surface area contributed by atoms with Crippen LogP contribution in [0.5, 0.6) is 11.5 Å². The number of ether oxygens (including phenoxy) is 2. The Morgan fingerprint density at radius 3 is 2.33 bits per heavy atom. The van der Waals surface area contributed by atoms with Crippen LogP contribution in [0.3, 0.4) is 0 Å². The molecule has 2 rings (SSSR count). The van der Waals surface area contributed by atoms with E-state index in [9.17, 15) is 5.11 Å². The monoisotopic (exact) mass is 250 g/mol. The Morgan fingerprint density at radius 1 is 1.11 bits per heavy atom. The number of rotatable bonds is 3. The van der Waals surface area contributed by atoms with E-state index in [1.165, 1.54) is 0 Å². The van der Waals surface area contributed by atoms with Gasteiger partial charge in [0.15, 0.2) is 0 Å². The zero-order valence-corrected chi connectivity index (χ0v) is 11.6. The summed E-state index contributed by atoms with van der Waals surface area (Å²) in [5.41, 5.74) is -0.0762. The lowest BCUT2D eigenvalue weighted by Crippen LogP contribution is -2.37. The SMILES string of the molecule is COc1ccc(C2(O)CCCC2(C)C)c(OC)c1. The Hall–Kier alpha value is -1.22. The molecule has 0 bridgehead atoms. The summed E-state index contributed by atoms with van der Waals surface area (Å²) in [4.78, 5) is 0. The fraction of sp³-hybridized carbons (Fsp3) is 0.600. The summed E-state index contributed by atoms with van der Waals surface area (Å²) in [6.07, 6.45) is 2.85. The molecule has 0 amide bonds. The van der Waals surface area contributed by atoms with Crippen LogP contribution in [0.15, 0.2) is 18.2 Å². The van der Waals surface area contributed by atoms with Crippen molar-refractivity contribution in [2.24, 2.45) is 5.41 Å². The van der Waals surface area contributed by atoms with Crippen molar-refractivity contribution in [1.82, 2.24) is 0 Å². The van der Waals surface area contributed by atoms with Gasteiger partial charge in [-0.25, -0.2) is 0 Å². The van der Waals surface area contributed by atoms with Gasteiger partial charge in [0.05, 0.1) is 19.8 Å². The van der Waals surface area contributed by atoms with Crippen LogP contribution in [0.25, 0.3) is 0 Å². The molecule has 0 heterocycles. The molecule has 100 valence electrons. The van der Waals surface area contributed by atoms with E-state index in [1.54, 1.807) is 14.2 Å². The van der Waals surface area contributed by atoms with Gasteiger partial charge < -0.3 is 14.6 Å². The number of hydrogen-bond acceptors (Lipinski definition) is 3. The van der Waals surface area contributed by atoms with E-state index in [4.69, 9.17) is 9.47 Å². The Kier molecular flexibility index (Phi) is 3.28. The van der Waals surface area contributed by atoms with Crippen LogP contribution in [0.2, 0.25) is 0 Å². The van der Waals surface area contributed by atoms with Gasteiger partial charge in [-0.3, -0.25) is 0 Å². The minimum atomic E-state index is -0.815. The molecular formula is C15H22O3. The van der Waals surface area contributed by atoms with Gasteiger partial charge in [0, 0.05) is 11.6 Å². The van der Waals surface area contributed by atoms with E-state index >= 15 is 0 Å². The Morgan fingerprint density at radius 2 is 1.83 bits per heavy atom. The largest absolute Gasteiger partial charge is 0.497 e. The molecule has 0 aliphatic heterocycles. The minimum absolute atomic E-state index is 0.130. The molecule has 3 heteroatoms. The first-order chi connectivity index (χ1) is 8.44. The van der Waals surface area contributed by atoms with E-state index in [-0.39, 0.29) is 5.41 Å². The zero-order valence-electron chi connectivity index (χ0n) is 11.6. The third kappa shape index (κ3) is 1.87. The fourth-order valence-corrected chi connectivity index (χ4v) is 2.97. The van der Waals surface area contributed by atoms with E-state index in [0.717, 1.165) is 30.6 Å². The summed E-state index contributed by atoms with van der Waals surface area (Å²) in [6.45, 7) is 4.23. The quantitative estimate of drug-likeness (QED) is 0.896. The van der Waals surface area contributed by atoms with Crippen molar-refractivity contribution in [3.05, 3.63) is 23.8 Å². The van der Waals surface area contributed by atoms with Crippen molar-refractivity contribution in [1.29, 1.82) is 0 Å². The number of aliphatic hydroxyl groups is 1. The smallest absolute Gasteiger partial charge is 0.128 e. The first-order valence-corrected chi connectivity index (χ1v) is 6.39. The van der Waals surface area contributed by atoms with E-state index < -0.39 is 5.60 Å². The van der Waals surface area contributed by atoms with Gasteiger partial charge in [-0.2, -0.15) is 0 Å². The molecule has 1 atom stereocenters. The molecule has 1 fully saturated rings. The second kappa shape index (κ2) is 4.47. The van der Waals surface area contributed by atoms with Crippen molar-refractivity contribution in [2.75, 3.05) is 14.2 Å². The topological polar surface area (TPSA) is 38.7 Å². The highest BCUT2D eigenvalue weighted by molar-refractivity contribution is 5.45. The van der Waals surface area contributed by atoms with Crippen LogP contribution in [-0.2, 0) is 5.60 Å². The van der Waals surface area contributed by atoms with Crippen LogP contribution >= 0.6 is 0 Å². The van der Waals surface area contributed by atoms with E-state index in [2.05, 4.69) is 13.8 Å². The van der Waals surface area contributed by atoms with Gasteiger partial charge in [-0.15, -0.1) is 0 Å². The average molecular weight is 250 g/mol. The van der Waals surface area contributed by atoms with Gasteiger partial charge in [0.1, 0.15) is 11.5 Å². The van der Waals surface area contributed by atoms with E-state index in [1.807, 2.05) is 18.2 Å². The standard InChI is InChI=1S/C15H22O3/c1-14(2)8-5-9-15(14,16)12-7-6-11(17-3)10-13(12)18-4/h6-7,10,16H,5,8-9H2,1-4H3. The second-order valence-electron chi connectivity index (χ2n) is 5.66. The summed E-state index contributed by atoms with van der Waals surface area (Å²) in [5, 5.41) is 11.0. The summed E-state index contributed by atoms with van der Waals surface area (Å²) in [7, 11) is 3.26. The molecule has 0 spiro atoms. The van der Waals surface area contributed by atoms with Crippen LogP contribution in [-0.4, -0.2) is 19.3 Å². The first-order valence-electron chi connectivity index (χ1n) is 6.39. The highest BCUT2D eigenvalue weighted by atomic mass is 16.5. The maximum Gasteiger partial charge on any atom is 0.128 e. The highest BCUT2D eigenvalue weighted by Crippen LogP contribution is 2.54. The zero-order chi connectivity index (χ0) is 13.4. The van der Waals surface area contributed by atoms with Crippen molar-refractivity contribution in [3.63, 3.8) is 0 Å². The van der Waals surface area contributed by atoms with Crippen LogP contribution in [0.4, 0.5) is 0 Å². The molecule has 18 heavy (non-hydrogen) atoms. The van der Waals surface area contributed by atoms with Crippen LogP contribution in [0.1, 0.15) is 38.7 Å². The van der Waals surface area contributed by atoms with Crippen molar-refractivity contribution < 1.29 is 14.6 Å². The van der Waals surface area contributed by atoms with Crippen molar-refractivity contribution in [3.8, 4) is 11.5 Å². The summed E-state index contributed by atoms with van der Waals surface area (Å²) in [5.74, 6) is 1.45. The van der Waals surface area contributed by atoms with Gasteiger partial charge in [-0.05, 0) is 36.8 Å². The van der Waals surface area contributed by atoms with Crippen LogP contribution in [0, 0.1) is 5.41 Å². The molecule has 1 aliphatic rings. The van der Waals surface area contributed by atoms with Gasteiger partial charge in [-0.1, -0.05) is 13.8 Å². The molecule has 1 aromatic rings. The molecule has 1 saturated carbocycles. The number of benzene rings is 1. The highest BCUT2D eigenvalue weighted by Gasteiger charge is 2.49. The number of hydrogen-bond donors (Lipinski definition) is 1. The molecule has 0 radical (unpaired) electrons. The normalized spacial score (nSPS) is 26.1. The predicted octanol–water partition coefficient (Wildman–Crippen LogP) is 3.10. The van der Waals surface area contributed by atoms with Crippen molar-refractivity contribution >= 4 is 0 Å². The van der Waals surface area contributed by atoms with Crippen LogP contribution < -0.4 is 9.47 Å². The molecule has 0 saturated heterocycles. The van der Waals surface area contributed by atoms with Crippen molar-refractivity contribution in [2.45, 2.75) is 38.7 Å². The summed E-state index contributed by atoms with van der Waals surface area (Å²) < 4.78 is 10.6. The summed E-state index contributed by atoms with van der Waals surface area (Å²) >= 11 is 0.